The number of ether oxygens (including phenoxy) is 1. The van der Waals surface area contributed by atoms with E-state index in [4.69, 9.17) is 20.1 Å². The Bertz CT molecular complexity index is 2130. The maximum atomic E-state index is 6.09. The minimum atomic E-state index is -1.12. The van der Waals surface area contributed by atoms with Crippen molar-refractivity contribution in [3.8, 4) is 22.5 Å². The molecule has 0 unspecified atom stereocenters. The summed E-state index contributed by atoms with van der Waals surface area (Å²) >= 11 is 0. The number of benzene rings is 5. The molecule has 0 atom stereocenters. The second-order valence-corrected chi connectivity index (χ2v) is 20.9. The van der Waals surface area contributed by atoms with Gasteiger partial charge in [-0.15, -0.1) is 15.0 Å². The highest BCUT2D eigenvalue weighted by atomic mass is 28.3. The first-order valence-electron chi connectivity index (χ1n) is 19.2. The Morgan fingerprint density at radius 3 is 1.85 bits per heavy atom. The van der Waals surface area contributed by atoms with Crippen molar-refractivity contribution >= 4 is 8.07 Å². The highest BCUT2D eigenvalue weighted by Gasteiger charge is 2.41. The molecule has 274 valence electrons. The molecule has 7 nitrogen and oxygen atoms in total. The van der Waals surface area contributed by atoms with Gasteiger partial charge >= 0.3 is 0 Å². The topological polar surface area (TPSA) is 61.6 Å². The Morgan fingerprint density at radius 2 is 1.28 bits per heavy atom. The van der Waals surface area contributed by atoms with Crippen LogP contribution in [0.2, 0.25) is 25.7 Å². The second kappa shape index (κ2) is 16.7. The fourth-order valence-corrected chi connectivity index (χ4v) is 7.90. The Kier molecular flexibility index (Phi) is 11.4. The van der Waals surface area contributed by atoms with Gasteiger partial charge in [-0.25, -0.2) is 9.13 Å². The Balaban J connectivity index is 1.19. The van der Waals surface area contributed by atoms with Crippen LogP contribution in [0.3, 0.4) is 0 Å². The largest absolute Gasteiger partial charge is 0.342 e. The van der Waals surface area contributed by atoms with Gasteiger partial charge in [-0.3, -0.25) is 0 Å². The van der Waals surface area contributed by atoms with Crippen molar-refractivity contribution in [3.63, 3.8) is 0 Å². The minimum Gasteiger partial charge on any atom is -0.342 e. The zero-order valence-corrected chi connectivity index (χ0v) is 33.0. The van der Waals surface area contributed by atoms with Crippen LogP contribution in [0.15, 0.2) is 152 Å². The molecule has 8 heteroatoms. The molecule has 0 fully saturated rings. The molecule has 0 amide bonds. The molecule has 0 saturated heterocycles. The zero-order valence-electron chi connectivity index (χ0n) is 32.0. The van der Waals surface area contributed by atoms with E-state index in [1.54, 1.807) is 4.80 Å². The first kappa shape index (κ1) is 36.9. The lowest BCUT2D eigenvalue weighted by Crippen LogP contribution is -2.39. The molecular weight excluding hydrogens is 681 g/mol. The number of imidazole rings is 1. The van der Waals surface area contributed by atoms with Crippen molar-refractivity contribution in [2.45, 2.75) is 70.7 Å². The van der Waals surface area contributed by atoms with Gasteiger partial charge in [-0.1, -0.05) is 173 Å². The van der Waals surface area contributed by atoms with Crippen LogP contribution in [-0.4, -0.2) is 39.5 Å². The third-order valence-corrected chi connectivity index (χ3v) is 11.8. The highest BCUT2D eigenvalue weighted by Crippen LogP contribution is 2.40. The van der Waals surface area contributed by atoms with Crippen molar-refractivity contribution < 1.29 is 9.30 Å². The summed E-state index contributed by atoms with van der Waals surface area (Å²) in [6.45, 7) is 11.6. The molecule has 0 aliphatic carbocycles. The molecule has 7 rings (SSSR count). The Morgan fingerprint density at radius 1 is 0.704 bits per heavy atom. The van der Waals surface area contributed by atoms with Gasteiger partial charge < -0.3 is 4.74 Å². The standard InChI is InChI=1S/C46H51N6OSi/c1-5-6-24-42-34-50(36-53-31-32-54(2,3)4)35-51(42)33-37-27-29-38(30-28-37)43-25-16-17-26-44(43)45-47-49-52(48-45)46(39-18-10-7-11-19-39,40-20-12-8-13-21-40)41-22-14-9-15-23-41/h7-23,25-30,34-35H,5-6,24,31-33,36H2,1-4H3/q+1. The first-order valence-corrected chi connectivity index (χ1v) is 22.9. The van der Waals surface area contributed by atoms with Crippen molar-refractivity contribution in [3.05, 3.63) is 180 Å². The monoisotopic (exact) mass is 731 g/mol. The number of rotatable bonds is 16. The van der Waals surface area contributed by atoms with Gasteiger partial charge in [0.25, 0.3) is 0 Å². The molecule has 0 saturated carbocycles. The lowest BCUT2D eigenvalue weighted by molar-refractivity contribution is -0.732. The van der Waals surface area contributed by atoms with Gasteiger partial charge in [0.05, 0.1) is 0 Å². The molecule has 54 heavy (non-hydrogen) atoms. The second-order valence-electron chi connectivity index (χ2n) is 15.3. The Labute approximate surface area is 320 Å². The molecule has 0 bridgehead atoms. The van der Waals surface area contributed by atoms with Crippen molar-refractivity contribution in [1.82, 2.24) is 24.8 Å². The van der Waals surface area contributed by atoms with E-state index in [1.165, 1.54) is 23.7 Å². The lowest BCUT2D eigenvalue weighted by Gasteiger charge is -2.34. The zero-order chi connectivity index (χ0) is 37.4. The number of nitrogens with zero attached hydrogens (tertiary/aromatic N) is 6. The molecule has 0 aliphatic heterocycles. The average molecular weight is 732 g/mol. The van der Waals surface area contributed by atoms with Crippen LogP contribution < -0.4 is 4.57 Å². The van der Waals surface area contributed by atoms with Crippen molar-refractivity contribution in [1.29, 1.82) is 0 Å². The van der Waals surface area contributed by atoms with E-state index in [0.717, 1.165) is 59.4 Å². The van der Waals surface area contributed by atoms with Gasteiger partial charge in [0.15, 0.2) is 12.3 Å². The SMILES string of the molecule is CCCCc1c[n+](COCC[Si](C)(C)C)cn1Cc1ccc(-c2ccccc2-c2nnn(C(c3ccccc3)(c3ccccc3)c3ccccc3)n2)cc1. The maximum absolute atomic E-state index is 6.09. The van der Waals surface area contributed by atoms with E-state index < -0.39 is 13.6 Å². The van der Waals surface area contributed by atoms with Gasteiger partial charge in [-0.2, -0.15) is 0 Å². The quantitative estimate of drug-likeness (QED) is 0.0430. The third kappa shape index (κ3) is 8.20. The number of aromatic nitrogens is 6. The molecule has 7 aromatic rings. The number of hydrogen-bond acceptors (Lipinski definition) is 4. The molecule has 0 N–H and O–H groups in total. The highest BCUT2D eigenvalue weighted by molar-refractivity contribution is 6.76. The van der Waals surface area contributed by atoms with Crippen molar-refractivity contribution in [2.75, 3.05) is 6.61 Å². The van der Waals surface area contributed by atoms with Crippen molar-refractivity contribution in [2.24, 2.45) is 0 Å². The summed E-state index contributed by atoms with van der Waals surface area (Å²) < 4.78 is 10.7. The average Bonchev–Trinajstić information content (AvgIpc) is 3.85. The normalized spacial score (nSPS) is 11.9. The van der Waals surface area contributed by atoms with Crippen LogP contribution in [0.4, 0.5) is 0 Å². The summed E-state index contributed by atoms with van der Waals surface area (Å²) in [7, 11) is -1.12. The maximum Gasteiger partial charge on any atom is 0.246 e. The predicted molar refractivity (Wildman–Crippen MR) is 220 cm³/mol. The molecule has 0 spiro atoms. The molecule has 0 radical (unpaired) electrons. The summed E-state index contributed by atoms with van der Waals surface area (Å²) in [6, 6.07) is 49.8. The number of hydrogen-bond donors (Lipinski definition) is 0. The number of tetrazole rings is 1. The summed E-state index contributed by atoms with van der Waals surface area (Å²) in [6.07, 6.45) is 7.85. The molecule has 2 aromatic heterocycles. The number of unbranched alkanes of at least 4 members (excludes halogenated alkanes) is 1. The summed E-state index contributed by atoms with van der Waals surface area (Å²) in [4.78, 5) is 1.79. The van der Waals surface area contributed by atoms with Crippen LogP contribution in [0, 0.1) is 0 Å². The van der Waals surface area contributed by atoms with E-state index in [9.17, 15) is 0 Å². The van der Waals surface area contributed by atoms with Gasteiger partial charge in [0.2, 0.25) is 12.2 Å². The molecular formula is C46H51N6OSi+. The van der Waals surface area contributed by atoms with E-state index in [0.29, 0.717) is 12.6 Å². The molecule has 2 heterocycles. The van der Waals surface area contributed by atoms with E-state index in [2.05, 4.69) is 163 Å². The van der Waals surface area contributed by atoms with Crippen LogP contribution in [-0.2, 0) is 30.0 Å². The van der Waals surface area contributed by atoms with E-state index >= 15 is 0 Å². The summed E-state index contributed by atoms with van der Waals surface area (Å²) in [5, 5.41) is 14.7. The van der Waals surface area contributed by atoms with Gasteiger partial charge in [0, 0.05) is 26.7 Å². The fourth-order valence-electron chi connectivity index (χ4n) is 7.14. The third-order valence-electron chi connectivity index (χ3n) is 10.1. The molecule has 5 aromatic carbocycles. The van der Waals surface area contributed by atoms with Crippen LogP contribution in [0.5, 0.6) is 0 Å². The smallest absolute Gasteiger partial charge is 0.246 e. The van der Waals surface area contributed by atoms with Crippen LogP contribution >= 0.6 is 0 Å². The van der Waals surface area contributed by atoms with Crippen LogP contribution in [0.25, 0.3) is 22.5 Å². The fraction of sp³-hybridized carbons (Fsp3) is 0.261. The van der Waals surface area contributed by atoms with Gasteiger partial charge in [0.1, 0.15) is 18.4 Å². The predicted octanol–water partition coefficient (Wildman–Crippen LogP) is 9.64. The molecule has 0 aliphatic rings. The van der Waals surface area contributed by atoms with Crippen LogP contribution in [0.1, 0.15) is 47.7 Å². The Hall–Kier alpha value is -5.44. The lowest BCUT2D eigenvalue weighted by atomic mass is 9.77. The summed E-state index contributed by atoms with van der Waals surface area (Å²) in [5.41, 5.74) is 8.01. The minimum absolute atomic E-state index is 0.575. The first-order chi connectivity index (χ1) is 26.3. The number of aryl methyl sites for hydroxylation is 1. The van der Waals surface area contributed by atoms with E-state index in [1.807, 2.05) is 24.3 Å². The van der Waals surface area contributed by atoms with Gasteiger partial charge in [-0.05, 0) is 51.1 Å². The van der Waals surface area contributed by atoms with E-state index in [-0.39, 0.29) is 0 Å². The summed E-state index contributed by atoms with van der Waals surface area (Å²) in [5.74, 6) is 0.575.